The van der Waals surface area contributed by atoms with Crippen molar-refractivity contribution < 1.29 is 4.74 Å². The Kier molecular flexibility index (Phi) is 3.73. The molecule has 0 saturated heterocycles. The zero-order valence-corrected chi connectivity index (χ0v) is 11.0. The van der Waals surface area contributed by atoms with E-state index in [1.165, 1.54) is 0 Å². The van der Waals surface area contributed by atoms with Crippen molar-refractivity contribution in [3.63, 3.8) is 0 Å². The van der Waals surface area contributed by atoms with Crippen molar-refractivity contribution in [2.45, 2.75) is 46.1 Å². The molecule has 0 amide bonds. The van der Waals surface area contributed by atoms with Crippen LogP contribution in [0.1, 0.15) is 46.4 Å². The standard InChI is InChI=1S/C12H21N3O/c1-8(2)11-14-9(13-6)7-10(15-11)16-12(3,4)5/h7-8H,1-6H3,(H,13,14,15). The van der Waals surface area contributed by atoms with Crippen LogP contribution in [0.15, 0.2) is 6.07 Å². The molecule has 0 aromatic carbocycles. The highest BCUT2D eigenvalue weighted by atomic mass is 16.5. The van der Waals surface area contributed by atoms with Crippen LogP contribution in [-0.2, 0) is 0 Å². The van der Waals surface area contributed by atoms with Crippen LogP contribution in [0.25, 0.3) is 0 Å². The van der Waals surface area contributed by atoms with Gasteiger partial charge in [0.05, 0.1) is 0 Å². The van der Waals surface area contributed by atoms with E-state index in [1.807, 2.05) is 33.9 Å². The molecule has 1 N–H and O–H groups in total. The number of anilines is 1. The van der Waals surface area contributed by atoms with Gasteiger partial charge in [-0.3, -0.25) is 0 Å². The first-order chi connectivity index (χ1) is 7.31. The average molecular weight is 223 g/mol. The monoisotopic (exact) mass is 223 g/mol. The average Bonchev–Trinajstić information content (AvgIpc) is 2.14. The van der Waals surface area contributed by atoms with Gasteiger partial charge in [-0.2, -0.15) is 4.98 Å². The molecule has 1 rings (SSSR count). The molecule has 0 aliphatic rings. The number of ether oxygens (including phenoxy) is 1. The summed E-state index contributed by atoms with van der Waals surface area (Å²) in [5.74, 6) is 2.50. The van der Waals surface area contributed by atoms with Crippen molar-refractivity contribution in [3.05, 3.63) is 11.9 Å². The summed E-state index contributed by atoms with van der Waals surface area (Å²) >= 11 is 0. The van der Waals surface area contributed by atoms with Gasteiger partial charge in [0, 0.05) is 19.0 Å². The second-order valence-corrected chi connectivity index (χ2v) is 5.07. The van der Waals surface area contributed by atoms with Crippen LogP contribution < -0.4 is 10.1 Å². The minimum atomic E-state index is -0.242. The lowest BCUT2D eigenvalue weighted by Gasteiger charge is -2.21. The van der Waals surface area contributed by atoms with Crippen molar-refractivity contribution in [1.29, 1.82) is 0 Å². The molecule has 16 heavy (non-hydrogen) atoms. The Morgan fingerprint density at radius 1 is 1.25 bits per heavy atom. The first-order valence-corrected chi connectivity index (χ1v) is 5.57. The van der Waals surface area contributed by atoms with Crippen LogP contribution in [0.4, 0.5) is 5.82 Å². The maximum atomic E-state index is 5.74. The van der Waals surface area contributed by atoms with Gasteiger partial charge in [-0.1, -0.05) is 13.8 Å². The summed E-state index contributed by atoms with van der Waals surface area (Å²) in [6.07, 6.45) is 0. The maximum Gasteiger partial charge on any atom is 0.219 e. The minimum Gasteiger partial charge on any atom is -0.472 e. The molecule has 0 fully saturated rings. The molecular formula is C12H21N3O. The Bertz CT molecular complexity index is 356. The van der Waals surface area contributed by atoms with Gasteiger partial charge >= 0.3 is 0 Å². The zero-order valence-electron chi connectivity index (χ0n) is 11.0. The van der Waals surface area contributed by atoms with Crippen molar-refractivity contribution >= 4 is 5.82 Å². The van der Waals surface area contributed by atoms with Crippen molar-refractivity contribution in [1.82, 2.24) is 9.97 Å². The molecular weight excluding hydrogens is 202 g/mol. The van der Waals surface area contributed by atoms with Gasteiger partial charge in [-0.15, -0.1) is 0 Å². The molecule has 1 heterocycles. The first kappa shape index (κ1) is 12.7. The Balaban J connectivity index is 3.04. The van der Waals surface area contributed by atoms with Gasteiger partial charge in [0.25, 0.3) is 0 Å². The lowest BCUT2D eigenvalue weighted by molar-refractivity contribution is 0.123. The fourth-order valence-electron chi connectivity index (χ4n) is 1.20. The van der Waals surface area contributed by atoms with Gasteiger partial charge < -0.3 is 10.1 Å². The molecule has 0 spiro atoms. The molecule has 0 saturated carbocycles. The molecule has 0 radical (unpaired) electrons. The highest BCUT2D eigenvalue weighted by molar-refractivity contribution is 5.38. The third-order valence-electron chi connectivity index (χ3n) is 1.90. The normalized spacial score (nSPS) is 11.7. The number of nitrogens with zero attached hydrogens (tertiary/aromatic N) is 2. The molecule has 90 valence electrons. The lowest BCUT2D eigenvalue weighted by atomic mass is 10.2. The molecule has 0 aliphatic heterocycles. The second kappa shape index (κ2) is 4.68. The van der Waals surface area contributed by atoms with Gasteiger partial charge in [-0.05, 0) is 20.8 Å². The van der Waals surface area contributed by atoms with E-state index in [9.17, 15) is 0 Å². The van der Waals surface area contributed by atoms with E-state index in [1.54, 1.807) is 0 Å². The largest absolute Gasteiger partial charge is 0.472 e. The molecule has 1 aromatic heterocycles. The highest BCUT2D eigenvalue weighted by Gasteiger charge is 2.15. The summed E-state index contributed by atoms with van der Waals surface area (Å²) in [5.41, 5.74) is -0.242. The van der Waals surface area contributed by atoms with E-state index in [0.29, 0.717) is 5.88 Å². The summed E-state index contributed by atoms with van der Waals surface area (Å²) in [7, 11) is 1.84. The SMILES string of the molecule is CNc1cc(OC(C)(C)C)nc(C(C)C)n1. The first-order valence-electron chi connectivity index (χ1n) is 5.57. The second-order valence-electron chi connectivity index (χ2n) is 5.07. The maximum absolute atomic E-state index is 5.74. The smallest absolute Gasteiger partial charge is 0.219 e. The van der Waals surface area contributed by atoms with Crippen LogP contribution in [0.5, 0.6) is 5.88 Å². The third kappa shape index (κ3) is 3.68. The predicted octanol–water partition coefficient (Wildman–Crippen LogP) is 2.82. The van der Waals surface area contributed by atoms with E-state index >= 15 is 0 Å². The van der Waals surface area contributed by atoms with E-state index < -0.39 is 0 Å². The van der Waals surface area contributed by atoms with E-state index in [4.69, 9.17) is 4.74 Å². The summed E-state index contributed by atoms with van der Waals surface area (Å²) in [6, 6.07) is 1.82. The summed E-state index contributed by atoms with van der Waals surface area (Å²) in [6.45, 7) is 10.1. The highest BCUT2D eigenvalue weighted by Crippen LogP contribution is 2.21. The lowest BCUT2D eigenvalue weighted by Crippen LogP contribution is -2.24. The fourth-order valence-corrected chi connectivity index (χ4v) is 1.20. The predicted molar refractivity (Wildman–Crippen MR) is 66.0 cm³/mol. The van der Waals surface area contributed by atoms with Crippen LogP contribution in [0.3, 0.4) is 0 Å². The van der Waals surface area contributed by atoms with Crippen LogP contribution >= 0.6 is 0 Å². The molecule has 1 aromatic rings. The number of aromatic nitrogens is 2. The van der Waals surface area contributed by atoms with E-state index in [0.717, 1.165) is 11.6 Å². The number of hydrogen-bond donors (Lipinski definition) is 1. The molecule has 0 unspecified atom stereocenters. The van der Waals surface area contributed by atoms with Crippen molar-refractivity contribution in [2.75, 3.05) is 12.4 Å². The van der Waals surface area contributed by atoms with Crippen molar-refractivity contribution in [3.8, 4) is 5.88 Å². The Morgan fingerprint density at radius 2 is 1.88 bits per heavy atom. The Hall–Kier alpha value is -1.32. The van der Waals surface area contributed by atoms with Gasteiger partial charge in [0.2, 0.25) is 5.88 Å². The number of hydrogen-bond acceptors (Lipinski definition) is 4. The molecule has 4 heteroatoms. The van der Waals surface area contributed by atoms with Gasteiger partial charge in [-0.25, -0.2) is 4.98 Å². The van der Waals surface area contributed by atoms with Crippen LogP contribution in [0.2, 0.25) is 0 Å². The van der Waals surface area contributed by atoms with E-state index in [-0.39, 0.29) is 11.5 Å². The summed E-state index contributed by atoms with van der Waals surface area (Å²) in [4.78, 5) is 8.77. The zero-order chi connectivity index (χ0) is 12.3. The third-order valence-corrected chi connectivity index (χ3v) is 1.90. The molecule has 0 bridgehead atoms. The number of rotatable bonds is 3. The summed E-state index contributed by atoms with van der Waals surface area (Å²) in [5, 5.41) is 3.02. The van der Waals surface area contributed by atoms with Crippen LogP contribution in [-0.4, -0.2) is 22.6 Å². The van der Waals surface area contributed by atoms with Gasteiger partial charge in [0.1, 0.15) is 17.2 Å². The molecule has 0 aliphatic carbocycles. The van der Waals surface area contributed by atoms with E-state index in [2.05, 4.69) is 29.1 Å². The fraction of sp³-hybridized carbons (Fsp3) is 0.667. The number of nitrogens with one attached hydrogen (secondary N) is 1. The Labute approximate surface area is 97.5 Å². The van der Waals surface area contributed by atoms with Crippen molar-refractivity contribution in [2.24, 2.45) is 0 Å². The Morgan fingerprint density at radius 3 is 2.31 bits per heavy atom. The minimum absolute atomic E-state index is 0.242. The van der Waals surface area contributed by atoms with Gasteiger partial charge in [0.15, 0.2) is 0 Å². The topological polar surface area (TPSA) is 47.0 Å². The summed E-state index contributed by atoms with van der Waals surface area (Å²) < 4.78 is 5.74. The van der Waals surface area contributed by atoms with Crippen LogP contribution in [0, 0.1) is 0 Å². The molecule has 4 nitrogen and oxygen atoms in total. The quantitative estimate of drug-likeness (QED) is 0.856. The molecule has 0 atom stereocenters.